The van der Waals surface area contributed by atoms with Crippen LogP contribution in [0.15, 0.2) is 55.3 Å². The zero-order valence-electron chi connectivity index (χ0n) is 24.8. The van der Waals surface area contributed by atoms with Gasteiger partial charge in [-0.05, 0) is 66.1 Å². The predicted octanol–water partition coefficient (Wildman–Crippen LogP) is 4.72. The maximum absolute atomic E-state index is 13.9. The molecular formula is C33H36ClFN6O6. The molecular weight excluding hydrogens is 631 g/mol. The Bertz CT molecular complexity index is 1860. The van der Waals surface area contributed by atoms with Crippen LogP contribution in [0.3, 0.4) is 0 Å². The molecule has 2 aliphatic rings. The average Bonchev–Trinajstić information content (AvgIpc) is 3.62. The Morgan fingerprint density at radius 3 is 2.68 bits per heavy atom. The fraction of sp³-hybridized carbons (Fsp3) is 0.273. The summed E-state index contributed by atoms with van der Waals surface area (Å²) in [5.41, 5.74) is 10.8. The summed E-state index contributed by atoms with van der Waals surface area (Å²) in [7, 11) is 0. The molecule has 0 bridgehead atoms. The highest BCUT2D eigenvalue weighted by Crippen LogP contribution is 2.35. The van der Waals surface area contributed by atoms with Gasteiger partial charge in [0.25, 0.3) is 5.91 Å². The average molecular weight is 667 g/mol. The molecule has 1 atom stereocenters. The van der Waals surface area contributed by atoms with Crippen LogP contribution in [0.1, 0.15) is 85.5 Å². The minimum absolute atomic E-state index is 0. The first kappa shape index (κ1) is 36.3. The minimum atomic E-state index is -1.39. The molecule has 6 rings (SSSR count). The molecule has 0 saturated carbocycles. The van der Waals surface area contributed by atoms with Gasteiger partial charge in [0.1, 0.15) is 12.3 Å². The van der Waals surface area contributed by atoms with E-state index in [2.05, 4.69) is 27.3 Å². The second-order valence-corrected chi connectivity index (χ2v) is 10.6. The van der Waals surface area contributed by atoms with Crippen LogP contribution in [-0.2, 0) is 28.9 Å². The molecule has 1 aliphatic carbocycles. The number of rotatable bonds is 7. The zero-order chi connectivity index (χ0) is 32.2. The van der Waals surface area contributed by atoms with E-state index >= 15 is 0 Å². The highest BCUT2D eigenvalue weighted by Gasteiger charge is 2.29. The molecule has 0 unspecified atom stereocenters. The molecule has 0 fully saturated rings. The quantitative estimate of drug-likeness (QED) is 0.160. The third-order valence-corrected chi connectivity index (χ3v) is 7.74. The lowest BCUT2D eigenvalue weighted by atomic mass is 9.98. The number of anilines is 1. The van der Waals surface area contributed by atoms with E-state index in [1.807, 2.05) is 25.1 Å². The number of benzene rings is 2. The van der Waals surface area contributed by atoms with Crippen molar-refractivity contribution >= 4 is 47.5 Å². The van der Waals surface area contributed by atoms with Crippen molar-refractivity contribution in [2.24, 2.45) is 5.73 Å². The van der Waals surface area contributed by atoms with Gasteiger partial charge in [-0.25, -0.2) is 23.5 Å². The van der Waals surface area contributed by atoms with Crippen molar-refractivity contribution in [1.29, 1.82) is 0 Å². The molecule has 4 aromatic rings. The number of aryl methyl sites for hydroxylation is 1. The number of amides is 2. The van der Waals surface area contributed by atoms with Crippen molar-refractivity contribution < 1.29 is 33.4 Å². The summed E-state index contributed by atoms with van der Waals surface area (Å²) in [5, 5.41) is 18.8. The number of carbonyl (C=O) groups is 4. The van der Waals surface area contributed by atoms with Gasteiger partial charge in [-0.2, -0.15) is 5.10 Å². The smallest absolute Gasteiger partial charge is 0.354 e. The summed E-state index contributed by atoms with van der Waals surface area (Å²) in [4.78, 5) is 51.4. The second-order valence-electron chi connectivity index (χ2n) is 10.6. The molecule has 47 heavy (non-hydrogen) atoms. The van der Waals surface area contributed by atoms with Gasteiger partial charge >= 0.3 is 11.9 Å². The topological polar surface area (TPSA) is 178 Å². The van der Waals surface area contributed by atoms with E-state index in [0.717, 1.165) is 51.1 Å². The standard InChI is InChI=1S/C22H19FN4O5.C10H12N2O.CH4.ClH/c1-3-8-32-22(31)13-4-5-14-12(11(13)2)6-7-16(14)26-20(28)18-9-17(21(29)30)25-19-15(23)10-24-27(18)19;11-6-7-1-2-8-3-4-10(13)12-9(8)5-7;;/h3-5,9-10,16H,1,6-8H2,2H3,(H,26,28)(H,29,30);1-2,5H,3-4,6,11H2,(H,12,13);1H4;1H/t16-;;;/m0.../s1. The molecule has 14 heteroatoms. The lowest BCUT2D eigenvalue weighted by Gasteiger charge is -2.17. The molecule has 2 aromatic heterocycles. The number of ether oxygens (including phenoxy) is 1. The number of nitrogens with one attached hydrogen (secondary N) is 2. The maximum Gasteiger partial charge on any atom is 0.354 e. The normalized spacial score (nSPS) is 14.2. The Hall–Kier alpha value is -5.14. The van der Waals surface area contributed by atoms with Gasteiger partial charge in [0.2, 0.25) is 5.91 Å². The molecule has 12 nitrogen and oxygen atoms in total. The number of hydrogen-bond acceptors (Lipinski definition) is 8. The Morgan fingerprint density at radius 1 is 1.21 bits per heavy atom. The number of carbonyl (C=O) groups excluding carboxylic acids is 3. The first-order valence-electron chi connectivity index (χ1n) is 14.2. The number of fused-ring (bicyclic) bond motifs is 3. The van der Waals surface area contributed by atoms with Crippen LogP contribution in [0.25, 0.3) is 5.65 Å². The molecule has 2 aromatic carbocycles. The molecule has 248 valence electrons. The zero-order valence-corrected chi connectivity index (χ0v) is 25.7. The molecule has 0 radical (unpaired) electrons. The maximum atomic E-state index is 13.9. The fourth-order valence-corrected chi connectivity index (χ4v) is 5.45. The van der Waals surface area contributed by atoms with Crippen LogP contribution in [0.2, 0.25) is 0 Å². The Balaban J connectivity index is 0.000000336. The van der Waals surface area contributed by atoms with Crippen molar-refractivity contribution in [1.82, 2.24) is 19.9 Å². The minimum Gasteiger partial charge on any atom is -0.477 e. The van der Waals surface area contributed by atoms with E-state index < -0.39 is 29.4 Å². The number of nitrogens with zero attached hydrogens (tertiary/aromatic N) is 3. The third kappa shape index (κ3) is 7.64. The molecule has 2 amide bonds. The van der Waals surface area contributed by atoms with Gasteiger partial charge in [-0.1, -0.05) is 38.3 Å². The van der Waals surface area contributed by atoms with Gasteiger partial charge < -0.3 is 26.2 Å². The Morgan fingerprint density at radius 2 is 1.98 bits per heavy atom. The van der Waals surface area contributed by atoms with Crippen molar-refractivity contribution in [3.05, 3.63) is 106 Å². The van der Waals surface area contributed by atoms with Crippen LogP contribution in [0.5, 0.6) is 0 Å². The van der Waals surface area contributed by atoms with E-state index in [1.54, 1.807) is 12.1 Å². The van der Waals surface area contributed by atoms with Gasteiger partial charge in [-0.15, -0.1) is 12.4 Å². The van der Waals surface area contributed by atoms with Gasteiger partial charge in [0.05, 0.1) is 17.8 Å². The third-order valence-electron chi connectivity index (χ3n) is 7.74. The van der Waals surface area contributed by atoms with Gasteiger partial charge in [-0.3, -0.25) is 9.59 Å². The monoisotopic (exact) mass is 666 g/mol. The SMILES string of the molecule is C.C=CCOC(=O)c1ccc2c(c1C)CC[C@@H]2NC(=O)c1cc(C(=O)O)nc2c(F)cnn12.Cl.NCc1ccc2c(c1)NC(=O)CC2. The van der Waals surface area contributed by atoms with E-state index in [1.165, 1.54) is 11.6 Å². The van der Waals surface area contributed by atoms with Crippen LogP contribution in [0.4, 0.5) is 10.1 Å². The van der Waals surface area contributed by atoms with Crippen molar-refractivity contribution in [3.63, 3.8) is 0 Å². The number of aromatic carboxylic acids is 1. The highest BCUT2D eigenvalue weighted by atomic mass is 35.5. The summed E-state index contributed by atoms with van der Waals surface area (Å²) in [6, 6.07) is 10.1. The van der Waals surface area contributed by atoms with Crippen molar-refractivity contribution in [3.8, 4) is 0 Å². The van der Waals surface area contributed by atoms with Gasteiger partial charge in [0.15, 0.2) is 17.2 Å². The summed E-state index contributed by atoms with van der Waals surface area (Å²) < 4.78 is 20.0. The number of hydrogen-bond donors (Lipinski definition) is 4. The van der Waals surface area contributed by atoms with E-state index in [4.69, 9.17) is 10.5 Å². The lowest BCUT2D eigenvalue weighted by Crippen LogP contribution is -2.29. The molecule has 3 heterocycles. The lowest BCUT2D eigenvalue weighted by molar-refractivity contribution is -0.116. The van der Waals surface area contributed by atoms with E-state index in [9.17, 15) is 28.7 Å². The first-order valence-corrected chi connectivity index (χ1v) is 14.2. The van der Waals surface area contributed by atoms with Crippen molar-refractivity contribution in [2.45, 2.75) is 52.6 Å². The summed E-state index contributed by atoms with van der Waals surface area (Å²) in [6.07, 6.45) is 5.01. The molecule has 5 N–H and O–H groups in total. The molecule has 1 aliphatic heterocycles. The second kappa shape index (κ2) is 15.4. The van der Waals surface area contributed by atoms with Crippen LogP contribution in [0, 0.1) is 12.7 Å². The summed E-state index contributed by atoms with van der Waals surface area (Å²) in [6.45, 7) is 5.98. The Kier molecular flexibility index (Phi) is 11.9. The number of carboxylic acid groups (broad SMARTS) is 1. The van der Waals surface area contributed by atoms with Crippen LogP contribution >= 0.6 is 12.4 Å². The van der Waals surface area contributed by atoms with Crippen LogP contribution < -0.4 is 16.4 Å². The Labute approximate surface area is 276 Å². The fourth-order valence-electron chi connectivity index (χ4n) is 5.45. The number of aromatic nitrogens is 3. The number of carboxylic acids is 1. The van der Waals surface area contributed by atoms with Gasteiger partial charge in [0, 0.05) is 24.7 Å². The number of halogens is 2. The largest absolute Gasteiger partial charge is 0.477 e. The van der Waals surface area contributed by atoms with Crippen molar-refractivity contribution in [2.75, 3.05) is 11.9 Å². The molecule has 0 spiro atoms. The predicted molar refractivity (Wildman–Crippen MR) is 175 cm³/mol. The van der Waals surface area contributed by atoms with E-state index in [-0.39, 0.29) is 49.7 Å². The molecule has 0 saturated heterocycles. The first-order chi connectivity index (χ1) is 21.6. The highest BCUT2D eigenvalue weighted by molar-refractivity contribution is 5.97. The van der Waals surface area contributed by atoms with Crippen LogP contribution in [-0.4, -0.2) is 50.1 Å². The van der Waals surface area contributed by atoms with E-state index in [0.29, 0.717) is 31.4 Å². The summed E-state index contributed by atoms with van der Waals surface area (Å²) in [5.74, 6) is -3.19. The summed E-state index contributed by atoms with van der Waals surface area (Å²) >= 11 is 0. The number of nitrogens with two attached hydrogens (primary N) is 1. The number of esters is 1.